The molecule has 0 heterocycles. The number of hydrogen-bond acceptors (Lipinski definition) is 1. The summed E-state index contributed by atoms with van der Waals surface area (Å²) in [6.07, 6.45) is 0.120. The first-order valence-electron chi connectivity index (χ1n) is 3.82. The minimum atomic E-state index is 0.120. The van der Waals surface area contributed by atoms with E-state index in [1.807, 2.05) is 26.0 Å². The molecule has 13 heavy (non-hydrogen) atoms. The smallest absolute Gasteiger partial charge is 0.152 e. The highest BCUT2D eigenvalue weighted by Gasteiger charge is 2.09. The zero-order chi connectivity index (χ0) is 10.0. The van der Waals surface area contributed by atoms with Gasteiger partial charge in [0.2, 0.25) is 0 Å². The number of hydrogen-bond donors (Lipinski definition) is 0. The van der Waals surface area contributed by atoms with Gasteiger partial charge in [-0.05, 0) is 41.9 Å². The highest BCUT2D eigenvalue weighted by molar-refractivity contribution is 9.11. The zero-order valence-electron chi connectivity index (χ0n) is 7.27. The molecule has 0 aliphatic carbocycles. The standard InChI is InChI=1S/C9H9Br2ClO/c1-5(2)13-9-7(11)3-6(10)4-8(9)12/h3-5H,1-2H3. The van der Waals surface area contributed by atoms with Crippen LogP contribution in [-0.2, 0) is 0 Å². The van der Waals surface area contributed by atoms with Crippen LogP contribution < -0.4 is 4.74 Å². The van der Waals surface area contributed by atoms with Gasteiger partial charge in [0.25, 0.3) is 0 Å². The van der Waals surface area contributed by atoms with Crippen molar-refractivity contribution in [1.29, 1.82) is 0 Å². The second-order valence-corrected chi connectivity index (χ2v) is 5.04. The second-order valence-electron chi connectivity index (χ2n) is 2.87. The van der Waals surface area contributed by atoms with Crippen LogP contribution in [0.3, 0.4) is 0 Å². The molecule has 0 bridgehead atoms. The highest BCUT2D eigenvalue weighted by Crippen LogP contribution is 2.36. The maximum atomic E-state index is 5.99. The van der Waals surface area contributed by atoms with Crippen molar-refractivity contribution in [3.63, 3.8) is 0 Å². The van der Waals surface area contributed by atoms with E-state index in [1.54, 1.807) is 0 Å². The Morgan fingerprint density at radius 2 is 1.92 bits per heavy atom. The Morgan fingerprint density at radius 1 is 1.31 bits per heavy atom. The van der Waals surface area contributed by atoms with Crippen LogP contribution in [0.1, 0.15) is 13.8 Å². The Balaban J connectivity index is 3.06. The van der Waals surface area contributed by atoms with E-state index in [2.05, 4.69) is 31.9 Å². The summed E-state index contributed by atoms with van der Waals surface area (Å²) in [5.41, 5.74) is 0. The first-order valence-corrected chi connectivity index (χ1v) is 5.78. The largest absolute Gasteiger partial charge is 0.488 e. The fourth-order valence-electron chi connectivity index (χ4n) is 0.877. The Morgan fingerprint density at radius 3 is 2.38 bits per heavy atom. The van der Waals surface area contributed by atoms with Gasteiger partial charge < -0.3 is 4.74 Å². The van der Waals surface area contributed by atoms with Crippen molar-refractivity contribution < 1.29 is 4.74 Å². The number of ether oxygens (including phenoxy) is 1. The van der Waals surface area contributed by atoms with E-state index < -0.39 is 0 Å². The zero-order valence-corrected chi connectivity index (χ0v) is 11.2. The summed E-state index contributed by atoms with van der Waals surface area (Å²) in [4.78, 5) is 0. The van der Waals surface area contributed by atoms with Crippen molar-refractivity contribution in [2.45, 2.75) is 20.0 Å². The van der Waals surface area contributed by atoms with Crippen LogP contribution in [0.15, 0.2) is 21.1 Å². The van der Waals surface area contributed by atoms with Crippen LogP contribution in [-0.4, -0.2) is 6.10 Å². The molecule has 0 aliphatic heterocycles. The fraction of sp³-hybridized carbons (Fsp3) is 0.333. The number of rotatable bonds is 2. The molecule has 0 unspecified atom stereocenters. The van der Waals surface area contributed by atoms with E-state index in [1.165, 1.54) is 0 Å². The molecule has 0 atom stereocenters. The van der Waals surface area contributed by atoms with E-state index in [0.717, 1.165) is 8.95 Å². The van der Waals surface area contributed by atoms with Crippen molar-refractivity contribution in [2.75, 3.05) is 0 Å². The molecule has 0 aliphatic rings. The lowest BCUT2D eigenvalue weighted by molar-refractivity contribution is 0.241. The first-order chi connectivity index (χ1) is 6.00. The topological polar surface area (TPSA) is 9.23 Å². The average molecular weight is 328 g/mol. The van der Waals surface area contributed by atoms with Crippen LogP contribution >= 0.6 is 43.5 Å². The molecule has 1 aromatic carbocycles. The van der Waals surface area contributed by atoms with Crippen LogP contribution in [0.2, 0.25) is 5.02 Å². The molecule has 0 spiro atoms. The lowest BCUT2D eigenvalue weighted by Gasteiger charge is -2.13. The molecule has 0 fully saturated rings. The van der Waals surface area contributed by atoms with Gasteiger partial charge in [-0.25, -0.2) is 0 Å². The molecule has 0 amide bonds. The predicted molar refractivity (Wildman–Crippen MR) is 62.6 cm³/mol. The molecule has 1 aromatic rings. The summed E-state index contributed by atoms with van der Waals surface area (Å²) in [5.74, 6) is 0.694. The average Bonchev–Trinajstić information content (AvgIpc) is 1.96. The van der Waals surface area contributed by atoms with Crippen LogP contribution in [0.4, 0.5) is 0 Å². The van der Waals surface area contributed by atoms with Crippen LogP contribution in [0, 0.1) is 0 Å². The van der Waals surface area contributed by atoms with Crippen LogP contribution in [0.5, 0.6) is 5.75 Å². The Bertz CT molecular complexity index is 289. The van der Waals surface area contributed by atoms with Gasteiger partial charge in [0.1, 0.15) is 0 Å². The molecule has 72 valence electrons. The summed E-state index contributed by atoms with van der Waals surface area (Å²) < 4.78 is 7.32. The Kier molecular flexibility index (Phi) is 4.07. The maximum Gasteiger partial charge on any atom is 0.152 e. The van der Waals surface area contributed by atoms with Gasteiger partial charge in [-0.3, -0.25) is 0 Å². The molecule has 1 nitrogen and oxygen atoms in total. The monoisotopic (exact) mass is 326 g/mol. The molecule has 4 heteroatoms. The fourth-order valence-corrected chi connectivity index (χ4v) is 2.71. The van der Waals surface area contributed by atoms with E-state index in [-0.39, 0.29) is 6.10 Å². The van der Waals surface area contributed by atoms with Crippen molar-refractivity contribution >= 4 is 43.5 Å². The third-order valence-electron chi connectivity index (χ3n) is 1.32. The Hall–Kier alpha value is 0.270. The van der Waals surface area contributed by atoms with Gasteiger partial charge in [0.05, 0.1) is 15.6 Å². The summed E-state index contributed by atoms with van der Waals surface area (Å²) in [6, 6.07) is 3.72. The van der Waals surface area contributed by atoms with Gasteiger partial charge in [0.15, 0.2) is 5.75 Å². The molecule has 0 saturated carbocycles. The lowest BCUT2D eigenvalue weighted by atomic mass is 10.3. The molecular weight excluding hydrogens is 319 g/mol. The van der Waals surface area contributed by atoms with Gasteiger partial charge in [0, 0.05) is 4.47 Å². The molecular formula is C9H9Br2ClO. The van der Waals surface area contributed by atoms with Gasteiger partial charge in [-0.15, -0.1) is 0 Å². The van der Waals surface area contributed by atoms with Crippen molar-refractivity contribution in [3.8, 4) is 5.75 Å². The molecule has 0 aromatic heterocycles. The molecule has 0 saturated heterocycles. The normalized spacial score (nSPS) is 10.6. The lowest BCUT2D eigenvalue weighted by Crippen LogP contribution is -2.06. The first kappa shape index (κ1) is 11.3. The minimum absolute atomic E-state index is 0.120. The Labute approximate surface area is 99.7 Å². The molecule has 1 rings (SSSR count). The highest BCUT2D eigenvalue weighted by atomic mass is 79.9. The summed E-state index contributed by atoms with van der Waals surface area (Å²) >= 11 is 12.7. The van der Waals surface area contributed by atoms with Crippen molar-refractivity contribution in [2.24, 2.45) is 0 Å². The van der Waals surface area contributed by atoms with Gasteiger partial charge >= 0.3 is 0 Å². The van der Waals surface area contributed by atoms with Crippen molar-refractivity contribution in [3.05, 3.63) is 26.1 Å². The SMILES string of the molecule is CC(C)Oc1c(Cl)cc(Br)cc1Br. The maximum absolute atomic E-state index is 5.99. The van der Waals surface area contributed by atoms with Crippen molar-refractivity contribution in [1.82, 2.24) is 0 Å². The number of halogens is 3. The molecule has 0 N–H and O–H groups in total. The van der Waals surface area contributed by atoms with Crippen LogP contribution in [0.25, 0.3) is 0 Å². The van der Waals surface area contributed by atoms with E-state index in [0.29, 0.717) is 10.8 Å². The van der Waals surface area contributed by atoms with E-state index >= 15 is 0 Å². The summed E-state index contributed by atoms with van der Waals surface area (Å²) in [5, 5.41) is 0.606. The third kappa shape index (κ3) is 3.15. The van der Waals surface area contributed by atoms with Gasteiger partial charge in [-0.2, -0.15) is 0 Å². The predicted octanol–water partition coefficient (Wildman–Crippen LogP) is 4.65. The van der Waals surface area contributed by atoms with E-state index in [9.17, 15) is 0 Å². The summed E-state index contributed by atoms with van der Waals surface area (Å²) in [7, 11) is 0. The summed E-state index contributed by atoms with van der Waals surface area (Å²) in [6.45, 7) is 3.93. The second kappa shape index (κ2) is 4.67. The molecule has 0 radical (unpaired) electrons. The number of benzene rings is 1. The van der Waals surface area contributed by atoms with Gasteiger partial charge in [-0.1, -0.05) is 27.5 Å². The quantitative estimate of drug-likeness (QED) is 0.768. The minimum Gasteiger partial charge on any atom is -0.488 e. The van der Waals surface area contributed by atoms with E-state index in [4.69, 9.17) is 16.3 Å². The third-order valence-corrected chi connectivity index (χ3v) is 2.64.